The highest BCUT2D eigenvalue weighted by molar-refractivity contribution is 5.62. The maximum Gasteiger partial charge on any atom is 0.203 e. The van der Waals surface area contributed by atoms with Crippen LogP contribution in [0.25, 0.3) is 6.08 Å². The number of hydrogen-bond acceptors (Lipinski definition) is 5. The highest BCUT2D eigenvalue weighted by Crippen LogP contribution is 2.39. The van der Waals surface area contributed by atoms with Crippen molar-refractivity contribution >= 4 is 6.08 Å². The van der Waals surface area contributed by atoms with Crippen LogP contribution in [-0.2, 0) is 6.61 Å². The molecule has 0 aliphatic carbocycles. The third kappa shape index (κ3) is 6.08. The standard InChI is InChI=1S/C22H26O5/c1-4-26-19-11-9-17(10-12-19)16-27-22-20(24-2)14-18(15-21(22)25-3)8-6-5-7-13-23/h5-12,14-15,23H,4,13,16H2,1-3H3/b7-5-,8-6+. The number of methoxy groups -OCH3 is 2. The molecular weight excluding hydrogens is 344 g/mol. The second-order valence-electron chi connectivity index (χ2n) is 5.59. The molecular formula is C22H26O5. The summed E-state index contributed by atoms with van der Waals surface area (Å²) in [5, 5.41) is 8.77. The zero-order valence-corrected chi connectivity index (χ0v) is 16.0. The smallest absolute Gasteiger partial charge is 0.203 e. The topological polar surface area (TPSA) is 57.2 Å². The van der Waals surface area contributed by atoms with Gasteiger partial charge in [-0.15, -0.1) is 0 Å². The van der Waals surface area contributed by atoms with Crippen LogP contribution in [0.15, 0.2) is 54.6 Å². The Morgan fingerprint density at radius 1 is 0.926 bits per heavy atom. The molecule has 0 unspecified atom stereocenters. The lowest BCUT2D eigenvalue weighted by Gasteiger charge is -2.15. The molecule has 0 radical (unpaired) electrons. The van der Waals surface area contributed by atoms with Gasteiger partial charge in [-0.3, -0.25) is 0 Å². The fourth-order valence-electron chi connectivity index (χ4n) is 2.45. The van der Waals surface area contributed by atoms with Crippen molar-refractivity contribution in [2.75, 3.05) is 27.4 Å². The highest BCUT2D eigenvalue weighted by atomic mass is 16.5. The molecule has 0 aliphatic rings. The lowest BCUT2D eigenvalue weighted by molar-refractivity contribution is 0.265. The van der Waals surface area contributed by atoms with Crippen LogP contribution in [0, 0.1) is 0 Å². The Labute approximate surface area is 160 Å². The van der Waals surface area contributed by atoms with E-state index in [1.54, 1.807) is 26.4 Å². The number of allylic oxidation sites excluding steroid dienone is 2. The number of ether oxygens (including phenoxy) is 4. The van der Waals surface area contributed by atoms with Gasteiger partial charge in [0.15, 0.2) is 11.5 Å². The lowest BCUT2D eigenvalue weighted by atomic mass is 10.1. The summed E-state index contributed by atoms with van der Waals surface area (Å²) in [6.45, 7) is 2.99. The van der Waals surface area contributed by atoms with E-state index in [9.17, 15) is 0 Å². The van der Waals surface area contributed by atoms with Crippen molar-refractivity contribution in [1.82, 2.24) is 0 Å². The first kappa shape index (κ1) is 20.4. The summed E-state index contributed by atoms with van der Waals surface area (Å²) in [6, 6.07) is 11.5. The summed E-state index contributed by atoms with van der Waals surface area (Å²) < 4.78 is 22.4. The van der Waals surface area contributed by atoms with Gasteiger partial charge in [0.2, 0.25) is 5.75 Å². The van der Waals surface area contributed by atoms with Crippen LogP contribution < -0.4 is 18.9 Å². The number of rotatable bonds is 10. The number of aliphatic hydroxyl groups excluding tert-OH is 1. The zero-order valence-electron chi connectivity index (χ0n) is 16.0. The first-order valence-corrected chi connectivity index (χ1v) is 8.76. The van der Waals surface area contributed by atoms with E-state index >= 15 is 0 Å². The Kier molecular flexibility index (Phi) is 8.26. The molecule has 0 saturated carbocycles. The average molecular weight is 370 g/mol. The Bertz CT molecular complexity index is 738. The van der Waals surface area contributed by atoms with Crippen molar-refractivity contribution in [3.8, 4) is 23.0 Å². The molecule has 5 heteroatoms. The second-order valence-corrected chi connectivity index (χ2v) is 5.59. The molecule has 5 nitrogen and oxygen atoms in total. The second kappa shape index (κ2) is 10.9. The van der Waals surface area contributed by atoms with Crippen LogP contribution in [0.1, 0.15) is 18.1 Å². The first-order valence-electron chi connectivity index (χ1n) is 8.76. The molecule has 2 aromatic carbocycles. The van der Waals surface area contributed by atoms with Crippen molar-refractivity contribution in [2.24, 2.45) is 0 Å². The highest BCUT2D eigenvalue weighted by Gasteiger charge is 2.13. The maximum atomic E-state index is 8.77. The lowest BCUT2D eigenvalue weighted by Crippen LogP contribution is -2.01. The molecule has 0 fully saturated rings. The summed E-state index contributed by atoms with van der Waals surface area (Å²) in [6.07, 6.45) is 7.16. The summed E-state index contributed by atoms with van der Waals surface area (Å²) in [4.78, 5) is 0. The van der Waals surface area contributed by atoms with E-state index in [1.807, 2.05) is 55.5 Å². The molecule has 0 bridgehead atoms. The molecule has 1 N–H and O–H groups in total. The summed E-state index contributed by atoms with van der Waals surface area (Å²) >= 11 is 0. The van der Waals surface area contributed by atoms with E-state index in [0.717, 1.165) is 16.9 Å². The molecule has 0 atom stereocenters. The molecule has 2 aromatic rings. The molecule has 0 saturated heterocycles. The van der Waals surface area contributed by atoms with Gasteiger partial charge in [0.25, 0.3) is 0 Å². The largest absolute Gasteiger partial charge is 0.494 e. The monoisotopic (exact) mass is 370 g/mol. The van der Waals surface area contributed by atoms with E-state index in [2.05, 4.69) is 0 Å². The Morgan fingerprint density at radius 3 is 2.15 bits per heavy atom. The predicted octanol–water partition coefficient (Wildman–Crippen LogP) is 4.24. The van der Waals surface area contributed by atoms with Crippen LogP contribution in [0.4, 0.5) is 0 Å². The summed E-state index contributed by atoms with van der Waals surface area (Å²) in [5.74, 6) is 2.57. The molecule has 0 aliphatic heterocycles. The van der Waals surface area contributed by atoms with Crippen LogP contribution in [0.5, 0.6) is 23.0 Å². The summed E-state index contributed by atoms with van der Waals surface area (Å²) in [5.41, 5.74) is 1.92. The van der Waals surface area contributed by atoms with E-state index in [0.29, 0.717) is 30.5 Å². The first-order chi connectivity index (χ1) is 13.2. The van der Waals surface area contributed by atoms with Gasteiger partial charge < -0.3 is 24.1 Å². The minimum atomic E-state index is 0.00923. The average Bonchev–Trinajstić information content (AvgIpc) is 2.70. The molecule has 0 spiro atoms. The molecule has 0 amide bonds. The Balaban J connectivity index is 2.17. The van der Waals surface area contributed by atoms with Crippen molar-refractivity contribution in [1.29, 1.82) is 0 Å². The van der Waals surface area contributed by atoms with Gasteiger partial charge in [0, 0.05) is 0 Å². The van der Waals surface area contributed by atoms with E-state index in [1.165, 1.54) is 0 Å². The fraction of sp³-hybridized carbons (Fsp3) is 0.273. The minimum Gasteiger partial charge on any atom is -0.494 e. The molecule has 144 valence electrons. The van der Waals surface area contributed by atoms with E-state index < -0.39 is 0 Å². The van der Waals surface area contributed by atoms with Crippen molar-refractivity contribution < 1.29 is 24.1 Å². The van der Waals surface area contributed by atoms with Gasteiger partial charge in [-0.2, -0.15) is 0 Å². The maximum absolute atomic E-state index is 8.77. The number of aliphatic hydroxyl groups is 1. The van der Waals surface area contributed by atoms with Crippen LogP contribution in [0.2, 0.25) is 0 Å². The minimum absolute atomic E-state index is 0.00923. The molecule has 0 heterocycles. The summed E-state index contributed by atoms with van der Waals surface area (Å²) in [7, 11) is 3.19. The van der Waals surface area contributed by atoms with Crippen molar-refractivity contribution in [3.05, 3.63) is 65.8 Å². The quantitative estimate of drug-likeness (QED) is 0.634. The van der Waals surface area contributed by atoms with E-state index in [-0.39, 0.29) is 6.61 Å². The normalized spacial score (nSPS) is 11.1. The van der Waals surface area contributed by atoms with Crippen LogP contribution >= 0.6 is 0 Å². The van der Waals surface area contributed by atoms with Gasteiger partial charge in [-0.25, -0.2) is 0 Å². The fourth-order valence-corrected chi connectivity index (χ4v) is 2.45. The van der Waals surface area contributed by atoms with Crippen molar-refractivity contribution in [2.45, 2.75) is 13.5 Å². The van der Waals surface area contributed by atoms with Gasteiger partial charge in [0.1, 0.15) is 12.4 Å². The molecule has 27 heavy (non-hydrogen) atoms. The van der Waals surface area contributed by atoms with E-state index in [4.69, 9.17) is 24.1 Å². The van der Waals surface area contributed by atoms with Crippen molar-refractivity contribution in [3.63, 3.8) is 0 Å². The third-order valence-corrected chi connectivity index (χ3v) is 3.74. The van der Waals surface area contributed by atoms with Crippen LogP contribution in [0.3, 0.4) is 0 Å². The Morgan fingerprint density at radius 2 is 1.59 bits per heavy atom. The van der Waals surface area contributed by atoms with Gasteiger partial charge in [-0.05, 0) is 42.3 Å². The van der Waals surface area contributed by atoms with Gasteiger partial charge >= 0.3 is 0 Å². The Hall–Kier alpha value is -2.92. The van der Waals surface area contributed by atoms with Crippen LogP contribution in [-0.4, -0.2) is 32.5 Å². The number of hydrogen-bond donors (Lipinski definition) is 1. The molecule has 2 rings (SSSR count). The zero-order chi connectivity index (χ0) is 19.5. The third-order valence-electron chi connectivity index (χ3n) is 3.74. The molecule has 0 aromatic heterocycles. The number of benzene rings is 2. The van der Waals surface area contributed by atoms with Gasteiger partial charge in [0.05, 0.1) is 27.4 Å². The van der Waals surface area contributed by atoms with Gasteiger partial charge in [-0.1, -0.05) is 36.4 Å². The predicted molar refractivity (Wildman–Crippen MR) is 107 cm³/mol. The SMILES string of the molecule is CCOc1ccc(COc2c(OC)cc(/C=C/C=C\CO)cc2OC)cc1.